The molecule has 0 atom stereocenters. The first-order chi connectivity index (χ1) is 14.4. The monoisotopic (exact) mass is 429 g/mol. The highest BCUT2D eigenvalue weighted by Crippen LogP contribution is 2.13. The van der Waals surface area contributed by atoms with Crippen molar-refractivity contribution in [2.45, 2.75) is 12.7 Å². The summed E-state index contributed by atoms with van der Waals surface area (Å²) in [4.78, 5) is 28.8. The van der Waals surface area contributed by atoms with Crippen molar-refractivity contribution >= 4 is 27.3 Å². The summed E-state index contributed by atoms with van der Waals surface area (Å²) in [5, 5.41) is 2.58. The van der Waals surface area contributed by atoms with E-state index in [0.29, 0.717) is 29.9 Å². The highest BCUT2D eigenvalue weighted by atomic mass is 32.2. The van der Waals surface area contributed by atoms with E-state index in [-0.39, 0.29) is 11.7 Å². The number of hydrogen-bond donors (Lipinski definition) is 1. The molecule has 2 amide bonds. The van der Waals surface area contributed by atoms with Crippen LogP contribution < -0.4 is 5.32 Å². The Hall–Kier alpha value is -2.71. The van der Waals surface area contributed by atoms with Gasteiger partial charge in [0.25, 0.3) is 5.91 Å². The largest absolute Gasteiger partial charge is 0.336 e. The van der Waals surface area contributed by atoms with Crippen LogP contribution in [-0.4, -0.2) is 68.5 Å². The van der Waals surface area contributed by atoms with Gasteiger partial charge in [-0.3, -0.25) is 9.59 Å². The third-order valence-corrected chi connectivity index (χ3v) is 6.58. The van der Waals surface area contributed by atoms with Crippen LogP contribution in [0.3, 0.4) is 0 Å². The molecule has 8 heteroatoms. The molecule has 1 fully saturated rings. The third kappa shape index (κ3) is 6.14. The van der Waals surface area contributed by atoms with Crippen molar-refractivity contribution in [2.24, 2.45) is 0 Å². The lowest BCUT2D eigenvalue weighted by molar-refractivity contribution is -0.113. The Morgan fingerprint density at radius 2 is 1.57 bits per heavy atom. The number of carbonyl (C=O) groups is 2. The first-order valence-corrected chi connectivity index (χ1v) is 11.8. The Labute approximate surface area is 177 Å². The highest BCUT2D eigenvalue weighted by molar-refractivity contribution is 7.91. The number of sulfone groups is 1. The normalized spacial score (nSPS) is 15.0. The van der Waals surface area contributed by atoms with E-state index in [1.807, 2.05) is 11.0 Å². The predicted molar refractivity (Wildman–Crippen MR) is 117 cm³/mol. The quantitative estimate of drug-likeness (QED) is 0.728. The number of benzene rings is 2. The number of rotatable bonds is 7. The van der Waals surface area contributed by atoms with Crippen molar-refractivity contribution in [1.29, 1.82) is 0 Å². The van der Waals surface area contributed by atoms with Gasteiger partial charge < -0.3 is 15.1 Å². The van der Waals surface area contributed by atoms with E-state index in [1.165, 1.54) is 0 Å². The Kier molecular flexibility index (Phi) is 7.23. The number of likely N-dealkylation sites (N-methyl/N-ethyl adjacent to an activating group) is 1. The molecule has 0 bridgehead atoms. The second kappa shape index (κ2) is 9.86. The number of amides is 2. The molecule has 0 aromatic heterocycles. The summed E-state index contributed by atoms with van der Waals surface area (Å²) in [6, 6.07) is 15.3. The molecule has 3 rings (SSSR count). The van der Waals surface area contributed by atoms with Gasteiger partial charge in [-0.05, 0) is 36.4 Å². The van der Waals surface area contributed by atoms with Crippen molar-refractivity contribution in [1.82, 2.24) is 9.80 Å². The number of piperazine rings is 1. The summed E-state index contributed by atoms with van der Waals surface area (Å²) in [7, 11) is -3.63. The molecule has 0 radical (unpaired) electrons. The fourth-order valence-electron chi connectivity index (χ4n) is 3.42. The van der Waals surface area contributed by atoms with Crippen molar-refractivity contribution < 1.29 is 18.0 Å². The van der Waals surface area contributed by atoms with E-state index < -0.39 is 21.5 Å². The van der Waals surface area contributed by atoms with Gasteiger partial charge in [-0.25, -0.2) is 8.42 Å². The number of hydrogen-bond acceptors (Lipinski definition) is 5. The minimum Gasteiger partial charge on any atom is -0.336 e. The molecule has 1 saturated heterocycles. The minimum atomic E-state index is -3.63. The van der Waals surface area contributed by atoms with Crippen LogP contribution in [-0.2, 0) is 20.4 Å². The van der Waals surface area contributed by atoms with E-state index in [0.717, 1.165) is 19.6 Å². The predicted octanol–water partition coefficient (Wildman–Crippen LogP) is 2.02. The third-order valence-electron chi connectivity index (χ3n) is 5.10. The SMILES string of the molecule is CCN1CCN(C(=O)c2ccc(CS(=O)(=O)CC(=O)Nc3ccccc3)cc2)CC1. The van der Waals surface area contributed by atoms with E-state index >= 15 is 0 Å². The molecule has 1 N–H and O–H groups in total. The van der Waals surface area contributed by atoms with Gasteiger partial charge in [-0.15, -0.1) is 0 Å². The average molecular weight is 430 g/mol. The highest BCUT2D eigenvalue weighted by Gasteiger charge is 2.22. The second-order valence-corrected chi connectivity index (χ2v) is 9.43. The van der Waals surface area contributed by atoms with Crippen LogP contribution in [0.1, 0.15) is 22.8 Å². The Bertz CT molecular complexity index is 967. The van der Waals surface area contributed by atoms with E-state index in [1.54, 1.807) is 48.5 Å². The van der Waals surface area contributed by atoms with Gasteiger partial charge in [-0.2, -0.15) is 0 Å². The van der Waals surface area contributed by atoms with E-state index in [4.69, 9.17) is 0 Å². The van der Waals surface area contributed by atoms with Crippen LogP contribution in [0.4, 0.5) is 5.69 Å². The molecule has 30 heavy (non-hydrogen) atoms. The zero-order valence-electron chi connectivity index (χ0n) is 17.1. The molecule has 1 aliphatic heterocycles. The number of para-hydroxylation sites is 1. The van der Waals surface area contributed by atoms with Gasteiger partial charge in [0.2, 0.25) is 5.91 Å². The Balaban J connectivity index is 1.55. The van der Waals surface area contributed by atoms with Gasteiger partial charge in [-0.1, -0.05) is 37.3 Å². The molecule has 1 aliphatic rings. The molecule has 7 nitrogen and oxygen atoms in total. The summed E-state index contributed by atoms with van der Waals surface area (Å²) in [5.41, 5.74) is 1.65. The number of nitrogens with one attached hydrogen (secondary N) is 1. The molecular weight excluding hydrogens is 402 g/mol. The van der Waals surface area contributed by atoms with E-state index in [2.05, 4.69) is 17.1 Å². The number of anilines is 1. The molecule has 1 heterocycles. The van der Waals surface area contributed by atoms with Crippen LogP contribution >= 0.6 is 0 Å². The summed E-state index contributed by atoms with van der Waals surface area (Å²) < 4.78 is 24.8. The maximum Gasteiger partial charge on any atom is 0.253 e. The van der Waals surface area contributed by atoms with Crippen LogP contribution in [0.25, 0.3) is 0 Å². The van der Waals surface area contributed by atoms with Gasteiger partial charge in [0.15, 0.2) is 9.84 Å². The smallest absolute Gasteiger partial charge is 0.253 e. The lowest BCUT2D eigenvalue weighted by atomic mass is 10.1. The van der Waals surface area contributed by atoms with Gasteiger partial charge in [0.05, 0.1) is 5.75 Å². The van der Waals surface area contributed by atoms with Crippen molar-refractivity contribution in [3.8, 4) is 0 Å². The molecule has 2 aromatic rings. The van der Waals surface area contributed by atoms with Crippen LogP contribution in [0, 0.1) is 0 Å². The fourth-order valence-corrected chi connectivity index (χ4v) is 4.69. The number of nitrogens with zero attached hydrogens (tertiary/aromatic N) is 2. The standard InChI is InChI=1S/C22H27N3O4S/c1-2-24-12-14-25(15-13-24)22(27)19-10-8-18(9-11-19)16-30(28,29)17-21(26)23-20-6-4-3-5-7-20/h3-11H,2,12-17H2,1H3,(H,23,26). The molecule has 0 spiro atoms. The minimum absolute atomic E-state index is 0.0394. The zero-order chi connectivity index (χ0) is 21.6. The van der Waals surface area contributed by atoms with Crippen LogP contribution in [0.15, 0.2) is 54.6 Å². The Morgan fingerprint density at radius 1 is 0.933 bits per heavy atom. The van der Waals surface area contributed by atoms with Crippen molar-refractivity contribution in [2.75, 3.05) is 43.8 Å². The molecule has 0 saturated carbocycles. The summed E-state index contributed by atoms with van der Waals surface area (Å²) >= 11 is 0. The van der Waals surface area contributed by atoms with Crippen LogP contribution in [0.5, 0.6) is 0 Å². The van der Waals surface area contributed by atoms with Gasteiger partial charge >= 0.3 is 0 Å². The topological polar surface area (TPSA) is 86.8 Å². The first-order valence-electron chi connectivity index (χ1n) is 10.0. The molecule has 0 unspecified atom stereocenters. The molecule has 160 valence electrons. The maximum absolute atomic E-state index is 12.6. The zero-order valence-corrected chi connectivity index (χ0v) is 17.9. The summed E-state index contributed by atoms with van der Waals surface area (Å²) in [6.45, 7) is 6.20. The summed E-state index contributed by atoms with van der Waals surface area (Å²) in [5.74, 6) is -1.45. The van der Waals surface area contributed by atoms with Gasteiger partial charge in [0.1, 0.15) is 5.75 Å². The maximum atomic E-state index is 12.6. The fraction of sp³-hybridized carbons (Fsp3) is 0.364. The van der Waals surface area contributed by atoms with E-state index in [9.17, 15) is 18.0 Å². The lowest BCUT2D eigenvalue weighted by Crippen LogP contribution is -2.48. The van der Waals surface area contributed by atoms with Gasteiger partial charge in [0, 0.05) is 37.4 Å². The average Bonchev–Trinajstić information content (AvgIpc) is 2.74. The molecule has 2 aromatic carbocycles. The van der Waals surface area contributed by atoms with Crippen molar-refractivity contribution in [3.05, 3.63) is 65.7 Å². The van der Waals surface area contributed by atoms with Crippen LogP contribution in [0.2, 0.25) is 0 Å². The Morgan fingerprint density at radius 3 is 2.17 bits per heavy atom. The first kappa shape index (κ1) is 22.0. The lowest BCUT2D eigenvalue weighted by Gasteiger charge is -2.34. The summed E-state index contributed by atoms with van der Waals surface area (Å²) in [6.07, 6.45) is 0. The molecular formula is C22H27N3O4S. The van der Waals surface area contributed by atoms with Crippen molar-refractivity contribution in [3.63, 3.8) is 0 Å². The number of carbonyl (C=O) groups excluding carboxylic acids is 2. The second-order valence-electron chi connectivity index (χ2n) is 7.37. The molecule has 0 aliphatic carbocycles.